The number of rotatable bonds is 5. The fraction of sp³-hybridized carbons (Fsp3) is 0.476. The number of amides is 1. The van der Waals surface area contributed by atoms with E-state index < -0.39 is 0 Å². The normalized spacial score (nSPS) is 15.2. The third kappa shape index (κ3) is 3.92. The molecule has 1 saturated heterocycles. The quantitative estimate of drug-likeness (QED) is 0.644. The highest BCUT2D eigenvalue weighted by molar-refractivity contribution is 7.22. The molecule has 7 nitrogen and oxygen atoms in total. The van der Waals surface area contributed by atoms with Crippen LogP contribution >= 0.6 is 11.3 Å². The van der Waals surface area contributed by atoms with Crippen molar-refractivity contribution in [3.05, 3.63) is 40.7 Å². The Hall–Kier alpha value is -2.29. The number of nitrogens with zero attached hydrogens (tertiary/aromatic N) is 5. The summed E-state index contributed by atoms with van der Waals surface area (Å²) in [5, 5.41) is 5.01. The van der Waals surface area contributed by atoms with Gasteiger partial charge >= 0.3 is 0 Å². The second-order valence-corrected chi connectivity index (χ2v) is 8.56. The van der Waals surface area contributed by atoms with E-state index in [0.29, 0.717) is 12.2 Å². The molecule has 0 radical (unpaired) electrons. The van der Waals surface area contributed by atoms with Gasteiger partial charge in [-0.05, 0) is 37.5 Å². The van der Waals surface area contributed by atoms with E-state index in [1.807, 2.05) is 18.9 Å². The van der Waals surface area contributed by atoms with Crippen molar-refractivity contribution in [2.45, 2.75) is 20.8 Å². The van der Waals surface area contributed by atoms with E-state index >= 15 is 0 Å². The van der Waals surface area contributed by atoms with Crippen LogP contribution in [0.2, 0.25) is 0 Å². The smallest absolute Gasteiger partial charge is 0.278 e. The average Bonchev–Trinajstić information content (AvgIpc) is 3.30. The number of fused-ring (bicyclic) bond motifs is 1. The first kappa shape index (κ1) is 20.0. The van der Waals surface area contributed by atoms with Crippen LogP contribution in [0.3, 0.4) is 0 Å². The maximum Gasteiger partial charge on any atom is 0.278 e. The van der Waals surface area contributed by atoms with Gasteiger partial charge in [-0.3, -0.25) is 19.3 Å². The molecule has 1 aliphatic rings. The van der Waals surface area contributed by atoms with E-state index in [0.717, 1.165) is 59.3 Å². The minimum absolute atomic E-state index is 0.0508. The first-order valence-corrected chi connectivity index (χ1v) is 10.7. The van der Waals surface area contributed by atoms with E-state index in [2.05, 4.69) is 36.0 Å². The number of carbonyl (C=O) groups is 1. The maximum atomic E-state index is 13.6. The molecular formula is C21H27N5O2S. The third-order valence-corrected chi connectivity index (χ3v) is 6.69. The van der Waals surface area contributed by atoms with Crippen LogP contribution in [-0.2, 0) is 11.8 Å². The molecule has 1 aromatic carbocycles. The van der Waals surface area contributed by atoms with Gasteiger partial charge in [0.15, 0.2) is 5.13 Å². The molecule has 8 heteroatoms. The van der Waals surface area contributed by atoms with Crippen LogP contribution in [0.4, 0.5) is 5.13 Å². The van der Waals surface area contributed by atoms with Crippen molar-refractivity contribution in [1.29, 1.82) is 0 Å². The number of hydrogen-bond acceptors (Lipinski definition) is 6. The minimum Gasteiger partial charge on any atom is -0.379 e. The van der Waals surface area contributed by atoms with Gasteiger partial charge in [0.2, 0.25) is 0 Å². The highest BCUT2D eigenvalue weighted by atomic mass is 32.1. The van der Waals surface area contributed by atoms with E-state index in [4.69, 9.17) is 9.72 Å². The molecule has 0 N–H and O–H groups in total. The van der Waals surface area contributed by atoms with Gasteiger partial charge in [0.05, 0.1) is 29.6 Å². The number of thiazole rings is 1. The first-order chi connectivity index (χ1) is 14.0. The number of morpholine rings is 1. The van der Waals surface area contributed by atoms with E-state index in [1.54, 1.807) is 22.2 Å². The Labute approximate surface area is 174 Å². The monoisotopic (exact) mass is 413 g/mol. The van der Waals surface area contributed by atoms with Crippen molar-refractivity contribution in [3.8, 4) is 0 Å². The molecule has 29 heavy (non-hydrogen) atoms. The van der Waals surface area contributed by atoms with Gasteiger partial charge in [-0.1, -0.05) is 23.5 Å². The lowest BCUT2D eigenvalue weighted by Gasteiger charge is -2.29. The Kier molecular flexibility index (Phi) is 5.67. The van der Waals surface area contributed by atoms with Crippen LogP contribution in [-0.4, -0.2) is 65.0 Å². The Bertz CT molecular complexity index is 977. The molecule has 4 rings (SSSR count). The lowest BCUT2D eigenvalue weighted by molar-refractivity contribution is 0.0391. The van der Waals surface area contributed by atoms with Crippen LogP contribution in [0, 0.1) is 20.8 Å². The topological polar surface area (TPSA) is 63.5 Å². The molecule has 2 aromatic heterocycles. The third-order valence-electron chi connectivity index (χ3n) is 5.47. The summed E-state index contributed by atoms with van der Waals surface area (Å²) in [5.41, 5.74) is 4.79. The number of anilines is 1. The van der Waals surface area contributed by atoms with Gasteiger partial charge in [0.25, 0.3) is 5.91 Å². The summed E-state index contributed by atoms with van der Waals surface area (Å²) >= 11 is 1.59. The molecule has 0 saturated carbocycles. The number of hydrogen-bond donors (Lipinski definition) is 0. The summed E-state index contributed by atoms with van der Waals surface area (Å²) in [4.78, 5) is 22.6. The summed E-state index contributed by atoms with van der Waals surface area (Å²) < 4.78 is 8.25. The van der Waals surface area contributed by atoms with Gasteiger partial charge in [-0.2, -0.15) is 5.10 Å². The minimum atomic E-state index is -0.0508. The van der Waals surface area contributed by atoms with Crippen molar-refractivity contribution in [2.75, 3.05) is 44.3 Å². The van der Waals surface area contributed by atoms with Gasteiger partial charge in [-0.15, -0.1) is 0 Å². The number of ether oxygens (including phenoxy) is 1. The van der Waals surface area contributed by atoms with Crippen LogP contribution in [0.1, 0.15) is 27.2 Å². The van der Waals surface area contributed by atoms with Gasteiger partial charge in [0.1, 0.15) is 5.69 Å². The van der Waals surface area contributed by atoms with Crippen molar-refractivity contribution >= 4 is 32.6 Å². The molecular weight excluding hydrogens is 386 g/mol. The Balaban J connectivity index is 1.70. The van der Waals surface area contributed by atoms with Crippen molar-refractivity contribution in [3.63, 3.8) is 0 Å². The number of carbonyl (C=O) groups excluding carboxylic acids is 1. The zero-order valence-electron chi connectivity index (χ0n) is 17.4. The number of benzene rings is 1. The second kappa shape index (κ2) is 8.22. The number of aromatic nitrogens is 3. The molecule has 154 valence electrons. The Morgan fingerprint density at radius 3 is 2.55 bits per heavy atom. The Morgan fingerprint density at radius 1 is 1.17 bits per heavy atom. The lowest BCUT2D eigenvalue weighted by Crippen LogP contribution is -2.43. The Morgan fingerprint density at radius 2 is 1.90 bits per heavy atom. The van der Waals surface area contributed by atoms with Crippen molar-refractivity contribution in [2.24, 2.45) is 7.05 Å². The molecule has 0 bridgehead atoms. The highest BCUT2D eigenvalue weighted by Crippen LogP contribution is 2.33. The summed E-state index contributed by atoms with van der Waals surface area (Å²) in [7, 11) is 1.81. The second-order valence-electron chi connectivity index (χ2n) is 7.58. The average molecular weight is 414 g/mol. The summed E-state index contributed by atoms with van der Waals surface area (Å²) in [6.45, 7) is 10.7. The summed E-state index contributed by atoms with van der Waals surface area (Å²) in [5.74, 6) is -0.0508. The molecule has 1 aliphatic heterocycles. The fourth-order valence-corrected chi connectivity index (χ4v) is 4.83. The first-order valence-electron chi connectivity index (χ1n) is 9.93. The van der Waals surface area contributed by atoms with Crippen LogP contribution in [0.25, 0.3) is 10.2 Å². The molecule has 3 aromatic rings. The lowest BCUT2D eigenvalue weighted by atomic mass is 10.1. The van der Waals surface area contributed by atoms with Crippen LogP contribution in [0.5, 0.6) is 0 Å². The molecule has 1 fully saturated rings. The molecule has 1 amide bonds. The molecule has 0 spiro atoms. The van der Waals surface area contributed by atoms with Crippen LogP contribution in [0.15, 0.2) is 18.3 Å². The molecule has 0 unspecified atom stereocenters. The summed E-state index contributed by atoms with van der Waals surface area (Å²) in [6.07, 6.45) is 1.74. The number of aryl methyl sites for hydroxylation is 4. The fourth-order valence-electron chi connectivity index (χ4n) is 3.70. The van der Waals surface area contributed by atoms with Gasteiger partial charge in [-0.25, -0.2) is 4.98 Å². The van der Waals surface area contributed by atoms with E-state index in [9.17, 15) is 4.79 Å². The van der Waals surface area contributed by atoms with Crippen LogP contribution < -0.4 is 4.90 Å². The molecule has 0 atom stereocenters. The van der Waals surface area contributed by atoms with E-state index in [1.165, 1.54) is 5.56 Å². The predicted molar refractivity (Wildman–Crippen MR) is 116 cm³/mol. The zero-order chi connectivity index (χ0) is 20.5. The SMILES string of the molecule is Cc1cnn(C)c1C(=O)N(CCN1CCOCC1)c1nc2c(C)ccc(C)c2s1. The van der Waals surface area contributed by atoms with E-state index in [-0.39, 0.29) is 5.91 Å². The van der Waals surface area contributed by atoms with Gasteiger partial charge < -0.3 is 4.74 Å². The summed E-state index contributed by atoms with van der Waals surface area (Å²) in [6, 6.07) is 4.21. The molecule has 3 heterocycles. The molecule has 0 aliphatic carbocycles. The van der Waals surface area contributed by atoms with Crippen molar-refractivity contribution in [1.82, 2.24) is 19.7 Å². The maximum absolute atomic E-state index is 13.6. The predicted octanol–water partition coefficient (Wildman–Crippen LogP) is 2.93. The zero-order valence-corrected chi connectivity index (χ0v) is 18.3. The highest BCUT2D eigenvalue weighted by Gasteiger charge is 2.26. The largest absolute Gasteiger partial charge is 0.379 e. The van der Waals surface area contributed by atoms with Crippen molar-refractivity contribution < 1.29 is 9.53 Å². The standard InChI is InChI=1S/C21H27N5O2S/c1-14-5-6-15(2)19-17(14)23-21(29-19)26(8-7-25-9-11-28-12-10-25)20(27)18-16(3)13-22-24(18)4/h5-6,13H,7-12H2,1-4H3. The van der Waals surface area contributed by atoms with Gasteiger partial charge in [0, 0.05) is 33.2 Å².